The van der Waals surface area contributed by atoms with Gasteiger partial charge in [0.1, 0.15) is 6.04 Å². The number of hydrogen-bond donors (Lipinski definition) is 1. The van der Waals surface area contributed by atoms with Crippen LogP contribution in [0.15, 0.2) is 48.8 Å². The number of carbonyl (C=O) groups is 2. The summed E-state index contributed by atoms with van der Waals surface area (Å²) in [6.45, 7) is 0. The lowest BCUT2D eigenvalue weighted by atomic mass is 10.0. The Morgan fingerprint density at radius 3 is 2.43 bits per heavy atom. The molecule has 6 heteroatoms. The number of carbonyl (C=O) groups excluding carboxylic acids is 2. The van der Waals surface area contributed by atoms with Crippen LogP contribution in [0.25, 0.3) is 0 Å². The van der Waals surface area contributed by atoms with E-state index in [2.05, 4.69) is 10.3 Å². The summed E-state index contributed by atoms with van der Waals surface area (Å²) in [5.74, 6) is -0.909. The van der Waals surface area contributed by atoms with Gasteiger partial charge in [0.25, 0.3) is 5.91 Å². The Labute approximate surface area is 133 Å². The first-order chi connectivity index (χ1) is 11.1. The van der Waals surface area contributed by atoms with E-state index in [9.17, 15) is 9.59 Å². The van der Waals surface area contributed by atoms with Gasteiger partial charge in [0.2, 0.25) is 0 Å². The molecule has 0 fully saturated rings. The fraction of sp³-hybridized carbons (Fsp3) is 0.176. The number of amides is 1. The van der Waals surface area contributed by atoms with Crippen LogP contribution in [-0.4, -0.2) is 30.0 Å². The van der Waals surface area contributed by atoms with E-state index < -0.39 is 12.0 Å². The molecule has 0 aliphatic carbocycles. The Hall–Kier alpha value is -3.20. The third kappa shape index (κ3) is 4.38. The summed E-state index contributed by atoms with van der Waals surface area (Å²) in [5, 5.41) is 11.5. The maximum Gasteiger partial charge on any atom is 0.328 e. The molecule has 0 bridgehead atoms. The average Bonchev–Trinajstić information content (AvgIpc) is 2.61. The SMILES string of the molecule is COC(=O)[C@@H](Cc1ccc(C#N)cc1)NC(=O)c1ccncc1. The highest BCUT2D eigenvalue weighted by atomic mass is 16.5. The fourth-order valence-corrected chi connectivity index (χ4v) is 2.03. The van der Waals surface area contributed by atoms with Crippen LogP contribution in [0.3, 0.4) is 0 Å². The Morgan fingerprint density at radius 1 is 1.22 bits per heavy atom. The van der Waals surface area contributed by atoms with Gasteiger partial charge < -0.3 is 10.1 Å². The third-order valence-corrected chi connectivity index (χ3v) is 3.26. The number of methoxy groups -OCH3 is 1. The monoisotopic (exact) mass is 309 g/mol. The van der Waals surface area contributed by atoms with Crippen molar-refractivity contribution in [1.29, 1.82) is 5.26 Å². The van der Waals surface area contributed by atoms with E-state index >= 15 is 0 Å². The van der Waals surface area contributed by atoms with Crippen LogP contribution >= 0.6 is 0 Å². The number of rotatable bonds is 5. The highest BCUT2D eigenvalue weighted by Gasteiger charge is 2.22. The molecule has 1 N–H and O–H groups in total. The van der Waals surface area contributed by atoms with Crippen molar-refractivity contribution in [3.8, 4) is 6.07 Å². The minimum Gasteiger partial charge on any atom is -0.467 e. The molecule has 6 nitrogen and oxygen atoms in total. The van der Waals surface area contributed by atoms with Gasteiger partial charge in [0.15, 0.2) is 0 Å². The molecule has 116 valence electrons. The Morgan fingerprint density at radius 2 is 1.87 bits per heavy atom. The first-order valence-electron chi connectivity index (χ1n) is 6.92. The highest BCUT2D eigenvalue weighted by molar-refractivity contribution is 5.96. The largest absolute Gasteiger partial charge is 0.467 e. The molecule has 1 atom stereocenters. The molecule has 0 unspecified atom stereocenters. The van der Waals surface area contributed by atoms with Crippen molar-refractivity contribution in [2.45, 2.75) is 12.5 Å². The highest BCUT2D eigenvalue weighted by Crippen LogP contribution is 2.08. The van der Waals surface area contributed by atoms with Gasteiger partial charge in [0.05, 0.1) is 18.7 Å². The topological polar surface area (TPSA) is 92.1 Å². The summed E-state index contributed by atoms with van der Waals surface area (Å²) < 4.78 is 4.75. The van der Waals surface area contributed by atoms with Crippen LogP contribution in [0.2, 0.25) is 0 Å². The van der Waals surface area contributed by atoms with Crippen molar-refractivity contribution in [3.63, 3.8) is 0 Å². The Bertz CT molecular complexity index is 721. The molecule has 23 heavy (non-hydrogen) atoms. The average molecular weight is 309 g/mol. The van der Waals surface area contributed by atoms with Gasteiger partial charge in [-0.25, -0.2) is 4.79 Å². The van der Waals surface area contributed by atoms with Crippen molar-refractivity contribution < 1.29 is 14.3 Å². The van der Waals surface area contributed by atoms with E-state index in [0.29, 0.717) is 11.1 Å². The second-order valence-electron chi connectivity index (χ2n) is 4.80. The maximum atomic E-state index is 12.2. The molecule has 1 heterocycles. The number of benzene rings is 1. The molecule has 2 rings (SSSR count). The molecule has 0 aliphatic heterocycles. The predicted octanol–water partition coefficient (Wildman–Crippen LogP) is 1.47. The lowest BCUT2D eigenvalue weighted by Gasteiger charge is -2.16. The van der Waals surface area contributed by atoms with Gasteiger partial charge in [-0.15, -0.1) is 0 Å². The number of esters is 1. The summed E-state index contributed by atoms with van der Waals surface area (Å²) in [4.78, 5) is 27.9. The maximum absolute atomic E-state index is 12.2. The molecule has 1 aromatic heterocycles. The van der Waals surface area contributed by atoms with Gasteiger partial charge in [-0.3, -0.25) is 9.78 Å². The van der Waals surface area contributed by atoms with Crippen molar-refractivity contribution in [2.24, 2.45) is 0 Å². The molecule has 0 saturated heterocycles. The normalized spacial score (nSPS) is 11.1. The fourth-order valence-electron chi connectivity index (χ4n) is 2.03. The number of aromatic nitrogens is 1. The third-order valence-electron chi connectivity index (χ3n) is 3.26. The lowest BCUT2D eigenvalue weighted by Crippen LogP contribution is -2.43. The molecule has 0 saturated carbocycles. The van der Waals surface area contributed by atoms with Gasteiger partial charge in [-0.1, -0.05) is 12.1 Å². The number of nitrogens with zero attached hydrogens (tertiary/aromatic N) is 2. The summed E-state index contributed by atoms with van der Waals surface area (Å²) in [6, 6.07) is 11.1. The number of nitrogens with one attached hydrogen (secondary N) is 1. The van der Waals surface area contributed by atoms with E-state index in [4.69, 9.17) is 10.00 Å². The van der Waals surface area contributed by atoms with Crippen molar-refractivity contribution in [3.05, 3.63) is 65.5 Å². The van der Waals surface area contributed by atoms with Crippen molar-refractivity contribution in [2.75, 3.05) is 7.11 Å². The number of pyridine rings is 1. The van der Waals surface area contributed by atoms with Crippen LogP contribution in [0.1, 0.15) is 21.5 Å². The van der Waals surface area contributed by atoms with Crippen LogP contribution in [0.5, 0.6) is 0 Å². The first-order valence-corrected chi connectivity index (χ1v) is 6.92. The smallest absolute Gasteiger partial charge is 0.328 e. The molecule has 0 aliphatic rings. The zero-order valence-electron chi connectivity index (χ0n) is 12.5. The van der Waals surface area contributed by atoms with Crippen LogP contribution in [-0.2, 0) is 16.0 Å². The minimum absolute atomic E-state index is 0.273. The standard InChI is InChI=1S/C17H15N3O3/c1-23-17(22)15(10-12-2-4-13(11-18)5-3-12)20-16(21)14-6-8-19-9-7-14/h2-9,15H,10H2,1H3,(H,20,21)/t15-/m1/s1. The zero-order valence-corrected chi connectivity index (χ0v) is 12.5. The summed E-state index contributed by atoms with van der Waals surface area (Å²) >= 11 is 0. The number of nitriles is 1. The van der Waals surface area contributed by atoms with Crippen LogP contribution in [0.4, 0.5) is 0 Å². The van der Waals surface area contributed by atoms with Crippen molar-refractivity contribution >= 4 is 11.9 Å². The molecular formula is C17H15N3O3. The van der Waals surface area contributed by atoms with Crippen LogP contribution in [0, 0.1) is 11.3 Å². The van der Waals surface area contributed by atoms with Crippen LogP contribution < -0.4 is 5.32 Å². The van der Waals surface area contributed by atoms with Gasteiger partial charge in [-0.05, 0) is 29.8 Å². The van der Waals surface area contributed by atoms with E-state index in [1.54, 1.807) is 36.4 Å². The van der Waals surface area contributed by atoms with E-state index in [-0.39, 0.29) is 12.3 Å². The molecule has 0 radical (unpaired) electrons. The molecule has 0 spiro atoms. The van der Waals surface area contributed by atoms with Gasteiger partial charge >= 0.3 is 5.97 Å². The van der Waals surface area contributed by atoms with E-state index in [1.165, 1.54) is 19.5 Å². The Balaban J connectivity index is 2.12. The van der Waals surface area contributed by atoms with Crippen molar-refractivity contribution in [1.82, 2.24) is 10.3 Å². The summed E-state index contributed by atoms with van der Waals surface area (Å²) in [5.41, 5.74) is 1.76. The molecule has 2 aromatic rings. The zero-order chi connectivity index (χ0) is 16.7. The second kappa shape index (κ2) is 7.71. The van der Waals surface area contributed by atoms with E-state index in [0.717, 1.165) is 5.56 Å². The first kappa shape index (κ1) is 16.2. The second-order valence-corrected chi connectivity index (χ2v) is 4.80. The minimum atomic E-state index is -0.811. The van der Waals surface area contributed by atoms with Gasteiger partial charge in [0, 0.05) is 24.4 Å². The Kier molecular flexibility index (Phi) is 5.42. The lowest BCUT2D eigenvalue weighted by molar-refractivity contribution is -0.142. The quantitative estimate of drug-likeness (QED) is 0.844. The van der Waals surface area contributed by atoms with Gasteiger partial charge in [-0.2, -0.15) is 5.26 Å². The molecule has 1 aromatic carbocycles. The number of hydrogen-bond acceptors (Lipinski definition) is 5. The number of ether oxygens (including phenoxy) is 1. The summed E-state index contributed by atoms with van der Waals surface area (Å²) in [7, 11) is 1.27. The predicted molar refractivity (Wildman–Crippen MR) is 82.4 cm³/mol. The van der Waals surface area contributed by atoms with E-state index in [1.807, 2.05) is 6.07 Å². The molecular weight excluding hydrogens is 294 g/mol. The molecule has 1 amide bonds. The summed E-state index contributed by atoms with van der Waals surface area (Å²) in [6.07, 6.45) is 3.28.